The summed E-state index contributed by atoms with van der Waals surface area (Å²) < 4.78 is 7.42. The van der Waals surface area contributed by atoms with E-state index in [4.69, 9.17) is 32.9 Å². The summed E-state index contributed by atoms with van der Waals surface area (Å²) in [5, 5.41) is 10.8. The van der Waals surface area contributed by atoms with E-state index in [9.17, 15) is 14.7 Å². The fraction of sp³-hybridized carbons (Fsp3) is 0.0645. The molecule has 11 heteroatoms. The highest BCUT2D eigenvalue weighted by molar-refractivity contribution is 9.11. The lowest BCUT2D eigenvalue weighted by atomic mass is 10.1. The Morgan fingerprint density at radius 1 is 0.976 bits per heavy atom. The third-order valence-corrected chi connectivity index (χ3v) is 8.89. The average Bonchev–Trinajstić information content (AvgIpc) is 3.23. The van der Waals surface area contributed by atoms with Crippen molar-refractivity contribution in [1.29, 1.82) is 0 Å². The Bertz CT molecular complexity index is 1710. The van der Waals surface area contributed by atoms with Gasteiger partial charge in [0, 0.05) is 15.6 Å². The number of hydrogen-bond donors (Lipinski definition) is 1. The number of nitrogens with zero attached hydrogens (tertiary/aromatic N) is 2. The SMILES string of the molecule is O=C(O)c1ccc(CN2C(=O)/C(=C/c3cc(Br)c(OCc4ccc(Cl)cc4Cl)c(Br)c3)SC2=Nc2ccccc2)cc1. The van der Waals surface area contributed by atoms with Crippen LogP contribution in [0.4, 0.5) is 5.69 Å². The van der Waals surface area contributed by atoms with Crippen molar-refractivity contribution in [2.75, 3.05) is 0 Å². The van der Waals surface area contributed by atoms with Crippen molar-refractivity contribution in [2.45, 2.75) is 13.2 Å². The van der Waals surface area contributed by atoms with E-state index in [-0.39, 0.29) is 24.6 Å². The molecule has 0 radical (unpaired) electrons. The molecular weight excluding hydrogens is 727 g/mol. The molecule has 4 aromatic carbocycles. The van der Waals surface area contributed by atoms with E-state index in [1.807, 2.05) is 48.5 Å². The number of ether oxygens (including phenoxy) is 1. The average molecular weight is 747 g/mol. The van der Waals surface area contributed by atoms with Gasteiger partial charge in [0.25, 0.3) is 5.91 Å². The van der Waals surface area contributed by atoms with Crippen LogP contribution in [-0.4, -0.2) is 27.1 Å². The number of para-hydroxylation sites is 1. The van der Waals surface area contributed by atoms with Crippen LogP contribution >= 0.6 is 66.8 Å². The number of amides is 1. The lowest BCUT2D eigenvalue weighted by Crippen LogP contribution is -2.28. The van der Waals surface area contributed by atoms with Gasteiger partial charge in [-0.3, -0.25) is 9.69 Å². The minimum Gasteiger partial charge on any atom is -0.486 e. The van der Waals surface area contributed by atoms with E-state index in [1.165, 1.54) is 23.9 Å². The van der Waals surface area contributed by atoms with Crippen LogP contribution in [-0.2, 0) is 17.9 Å². The normalized spacial score (nSPS) is 15.0. The molecular formula is C31H20Br2Cl2N2O4S. The Labute approximate surface area is 273 Å². The van der Waals surface area contributed by atoms with Crippen molar-refractivity contribution in [3.8, 4) is 5.75 Å². The Kier molecular flexibility index (Phi) is 9.75. The predicted octanol–water partition coefficient (Wildman–Crippen LogP) is 9.60. The third-order valence-electron chi connectivity index (χ3n) is 6.12. The number of amidine groups is 1. The van der Waals surface area contributed by atoms with Gasteiger partial charge >= 0.3 is 5.97 Å². The van der Waals surface area contributed by atoms with Gasteiger partial charge in [0.2, 0.25) is 0 Å². The molecule has 6 nitrogen and oxygen atoms in total. The first-order chi connectivity index (χ1) is 20.2. The van der Waals surface area contributed by atoms with Crippen LogP contribution in [0.5, 0.6) is 5.75 Å². The molecule has 1 heterocycles. The first-order valence-electron chi connectivity index (χ1n) is 12.4. The van der Waals surface area contributed by atoms with E-state index in [0.29, 0.717) is 40.5 Å². The van der Waals surface area contributed by atoms with E-state index in [1.54, 1.807) is 35.2 Å². The molecule has 1 saturated heterocycles. The summed E-state index contributed by atoms with van der Waals surface area (Å²) in [6.45, 7) is 0.478. The van der Waals surface area contributed by atoms with Gasteiger partial charge in [-0.05, 0) is 109 Å². The van der Waals surface area contributed by atoms with Gasteiger partial charge in [-0.1, -0.05) is 59.6 Å². The van der Waals surface area contributed by atoms with Gasteiger partial charge in [0.05, 0.1) is 31.6 Å². The lowest BCUT2D eigenvalue weighted by Gasteiger charge is -2.16. The van der Waals surface area contributed by atoms with Gasteiger partial charge in [0.15, 0.2) is 5.17 Å². The summed E-state index contributed by atoms with van der Waals surface area (Å²) in [5.41, 5.74) is 3.24. The van der Waals surface area contributed by atoms with Gasteiger partial charge in [-0.25, -0.2) is 9.79 Å². The number of rotatable bonds is 8. The standard InChI is InChI=1S/C31H20Br2Cl2N2O4S/c32-24-12-19(13-25(33)28(24)41-17-21-10-11-22(34)15-26(21)35)14-27-29(38)37(16-18-6-8-20(9-7-18)30(39)40)31(42-27)36-23-4-2-1-3-5-23/h1-15H,16-17H2,(H,39,40)/b27-14-,36-31?. The maximum atomic E-state index is 13.6. The number of carboxylic acids is 1. The molecule has 1 aliphatic heterocycles. The van der Waals surface area contributed by atoms with Crippen LogP contribution in [0.25, 0.3) is 6.08 Å². The number of carbonyl (C=O) groups is 2. The molecule has 0 spiro atoms. The number of thioether (sulfide) groups is 1. The summed E-state index contributed by atoms with van der Waals surface area (Å²) in [5.74, 6) is -0.623. The molecule has 0 aliphatic carbocycles. The van der Waals surface area contributed by atoms with Crippen LogP contribution in [0.2, 0.25) is 10.0 Å². The number of aromatic carboxylic acids is 1. The van der Waals surface area contributed by atoms with Crippen LogP contribution < -0.4 is 4.74 Å². The molecule has 0 saturated carbocycles. The Balaban J connectivity index is 1.41. The minimum absolute atomic E-state index is 0.180. The van der Waals surface area contributed by atoms with Crippen molar-refractivity contribution in [3.63, 3.8) is 0 Å². The van der Waals surface area contributed by atoms with Crippen LogP contribution in [0.1, 0.15) is 27.0 Å². The maximum Gasteiger partial charge on any atom is 0.335 e. The fourth-order valence-electron chi connectivity index (χ4n) is 4.02. The molecule has 42 heavy (non-hydrogen) atoms. The molecule has 0 atom stereocenters. The smallest absolute Gasteiger partial charge is 0.335 e. The molecule has 1 fully saturated rings. The van der Waals surface area contributed by atoms with Crippen LogP contribution in [0, 0.1) is 0 Å². The first kappa shape index (κ1) is 30.4. The molecule has 1 N–H and O–H groups in total. The van der Waals surface area contributed by atoms with Gasteiger partial charge in [-0.15, -0.1) is 0 Å². The van der Waals surface area contributed by atoms with E-state index >= 15 is 0 Å². The van der Waals surface area contributed by atoms with E-state index in [0.717, 1.165) is 16.7 Å². The highest BCUT2D eigenvalue weighted by Crippen LogP contribution is 2.39. The van der Waals surface area contributed by atoms with Gasteiger partial charge < -0.3 is 9.84 Å². The summed E-state index contributed by atoms with van der Waals surface area (Å²) in [7, 11) is 0. The van der Waals surface area contributed by atoms with E-state index in [2.05, 4.69) is 31.9 Å². The zero-order valence-electron chi connectivity index (χ0n) is 21.6. The topological polar surface area (TPSA) is 79.2 Å². The number of aliphatic imine (C=N–C) groups is 1. The molecule has 0 bridgehead atoms. The molecule has 1 aliphatic rings. The third kappa shape index (κ3) is 7.27. The molecule has 0 unspecified atom stereocenters. The second-order valence-electron chi connectivity index (χ2n) is 9.07. The highest BCUT2D eigenvalue weighted by atomic mass is 79.9. The van der Waals surface area contributed by atoms with Crippen LogP contribution in [0.15, 0.2) is 104 Å². The second-order valence-corrected chi connectivity index (χ2v) is 12.6. The number of benzene rings is 4. The largest absolute Gasteiger partial charge is 0.486 e. The number of halogens is 4. The fourth-order valence-corrected chi connectivity index (χ4v) is 6.93. The van der Waals surface area contributed by atoms with Crippen molar-refractivity contribution in [3.05, 3.63) is 131 Å². The molecule has 212 valence electrons. The Hall–Kier alpha value is -3.08. The van der Waals surface area contributed by atoms with Crippen molar-refractivity contribution >= 4 is 95.6 Å². The molecule has 0 aromatic heterocycles. The lowest BCUT2D eigenvalue weighted by molar-refractivity contribution is -0.122. The first-order valence-corrected chi connectivity index (χ1v) is 15.6. The quantitative estimate of drug-likeness (QED) is 0.182. The zero-order valence-corrected chi connectivity index (χ0v) is 27.1. The number of hydrogen-bond acceptors (Lipinski definition) is 5. The summed E-state index contributed by atoms with van der Waals surface area (Å²) in [6.07, 6.45) is 1.80. The Morgan fingerprint density at radius 3 is 2.31 bits per heavy atom. The van der Waals surface area contributed by atoms with Gasteiger partial charge in [0.1, 0.15) is 12.4 Å². The monoisotopic (exact) mass is 744 g/mol. The highest BCUT2D eigenvalue weighted by Gasteiger charge is 2.33. The summed E-state index contributed by atoms with van der Waals surface area (Å²) >= 11 is 20.7. The van der Waals surface area contributed by atoms with Crippen molar-refractivity contribution < 1.29 is 19.4 Å². The number of carboxylic acid groups (broad SMARTS) is 1. The van der Waals surface area contributed by atoms with Crippen LogP contribution in [0.3, 0.4) is 0 Å². The molecule has 4 aromatic rings. The van der Waals surface area contributed by atoms with E-state index < -0.39 is 5.97 Å². The zero-order chi connectivity index (χ0) is 29.8. The Morgan fingerprint density at radius 2 is 1.67 bits per heavy atom. The minimum atomic E-state index is -1.01. The van der Waals surface area contributed by atoms with Crippen molar-refractivity contribution in [1.82, 2.24) is 4.90 Å². The van der Waals surface area contributed by atoms with Crippen molar-refractivity contribution in [2.24, 2.45) is 4.99 Å². The van der Waals surface area contributed by atoms with Gasteiger partial charge in [-0.2, -0.15) is 0 Å². The second kappa shape index (κ2) is 13.5. The summed E-state index contributed by atoms with van der Waals surface area (Å²) in [4.78, 5) is 31.7. The number of carbonyl (C=O) groups excluding carboxylic acids is 1. The summed E-state index contributed by atoms with van der Waals surface area (Å²) in [6, 6.07) is 24.8. The maximum absolute atomic E-state index is 13.6. The predicted molar refractivity (Wildman–Crippen MR) is 176 cm³/mol. The molecule has 5 rings (SSSR count). The molecule has 1 amide bonds.